The highest BCUT2D eigenvalue weighted by atomic mass is 16.6. The Labute approximate surface area is 255 Å². The first-order valence-electron chi connectivity index (χ1n) is 16.6. The number of hydrogen-bond donors (Lipinski definition) is 3. The van der Waals surface area contributed by atoms with Crippen LogP contribution >= 0.6 is 0 Å². The van der Waals surface area contributed by atoms with E-state index in [1.54, 1.807) is 12.1 Å². The van der Waals surface area contributed by atoms with Crippen molar-refractivity contribution in [3.8, 4) is 5.75 Å². The molecule has 1 saturated heterocycles. The van der Waals surface area contributed by atoms with Crippen LogP contribution in [0.5, 0.6) is 5.75 Å². The van der Waals surface area contributed by atoms with Crippen molar-refractivity contribution in [2.75, 3.05) is 0 Å². The number of allylic oxidation sites excluding steroid dienone is 2. The van der Waals surface area contributed by atoms with E-state index in [4.69, 9.17) is 4.74 Å². The standard InChI is InChI=1S/C37H48O6/c1-20-12-16-37(33(41)42)17-13-25-24(30(37)21(20)2)10-11-28-34(25,3)15-14-29-35(28,4)19-27(39)31-36(29,5)26(32(40)43-31)18-22-6-8-23(38)9-7-22/h6-10,18,20-21,25,27-31,38-39H,11-17,19H2,1-5H3,(H,41,42)/b26-18+/t20-,21+,25?,27-,28?,29?,30+,31+,34+,35-,36+,37+/m1/s1. The van der Waals surface area contributed by atoms with Gasteiger partial charge in [-0.1, -0.05) is 58.4 Å². The van der Waals surface area contributed by atoms with Crippen molar-refractivity contribution in [3.05, 3.63) is 47.1 Å². The molecule has 3 N–H and O–H groups in total. The number of aliphatic hydroxyl groups excluding tert-OH is 1. The number of phenols is 1. The molecular weight excluding hydrogens is 540 g/mol. The lowest BCUT2D eigenvalue weighted by Crippen LogP contribution is -2.65. The lowest BCUT2D eigenvalue weighted by molar-refractivity contribution is -0.207. The lowest BCUT2D eigenvalue weighted by Gasteiger charge is -2.68. The predicted molar refractivity (Wildman–Crippen MR) is 164 cm³/mol. The maximum Gasteiger partial charge on any atom is 0.335 e. The summed E-state index contributed by atoms with van der Waals surface area (Å²) in [5.74, 6) is 1.01. The molecule has 0 spiro atoms. The van der Waals surface area contributed by atoms with Crippen molar-refractivity contribution in [1.29, 1.82) is 0 Å². The zero-order chi connectivity index (χ0) is 30.7. The first kappa shape index (κ1) is 29.1. The van der Waals surface area contributed by atoms with Gasteiger partial charge in [-0.25, -0.2) is 4.79 Å². The second kappa shape index (κ2) is 9.45. The maximum absolute atomic E-state index is 13.4. The van der Waals surface area contributed by atoms with Crippen molar-refractivity contribution in [2.45, 2.75) is 98.2 Å². The number of aliphatic carboxylic acids is 1. The fourth-order valence-electron chi connectivity index (χ4n) is 12.2. The Bertz CT molecular complexity index is 1410. The van der Waals surface area contributed by atoms with Crippen LogP contribution in [-0.2, 0) is 14.3 Å². The van der Waals surface area contributed by atoms with Crippen LogP contribution < -0.4 is 0 Å². The van der Waals surface area contributed by atoms with Gasteiger partial charge < -0.3 is 20.1 Å². The number of fused-ring (bicyclic) bond motifs is 9. The molecule has 6 aliphatic rings. The van der Waals surface area contributed by atoms with Crippen LogP contribution in [0, 0.1) is 57.2 Å². The maximum atomic E-state index is 13.4. The van der Waals surface area contributed by atoms with Gasteiger partial charge in [0.1, 0.15) is 11.9 Å². The van der Waals surface area contributed by atoms with Crippen molar-refractivity contribution < 1.29 is 29.6 Å². The number of rotatable bonds is 2. The molecule has 4 saturated carbocycles. The summed E-state index contributed by atoms with van der Waals surface area (Å²) in [6.45, 7) is 11.6. The first-order chi connectivity index (χ1) is 20.3. The minimum Gasteiger partial charge on any atom is -0.508 e. The summed E-state index contributed by atoms with van der Waals surface area (Å²) in [5, 5.41) is 32.1. The third-order valence-corrected chi connectivity index (χ3v) is 14.4. The minimum absolute atomic E-state index is 0.00756. The molecule has 1 heterocycles. The van der Waals surface area contributed by atoms with E-state index in [0.29, 0.717) is 35.7 Å². The first-order valence-corrected chi connectivity index (χ1v) is 16.6. The highest BCUT2D eigenvalue weighted by molar-refractivity contribution is 5.98. The van der Waals surface area contributed by atoms with Crippen molar-refractivity contribution >= 4 is 18.0 Å². The van der Waals surface area contributed by atoms with E-state index in [1.165, 1.54) is 5.57 Å². The summed E-state index contributed by atoms with van der Waals surface area (Å²) in [7, 11) is 0. The Morgan fingerprint density at radius 1 is 0.977 bits per heavy atom. The largest absolute Gasteiger partial charge is 0.508 e. The number of carboxylic acid groups (broad SMARTS) is 1. The molecule has 1 aliphatic heterocycles. The summed E-state index contributed by atoms with van der Waals surface area (Å²) in [6, 6.07) is 6.87. The molecule has 0 amide bonds. The van der Waals surface area contributed by atoms with Gasteiger partial charge >= 0.3 is 11.9 Å². The summed E-state index contributed by atoms with van der Waals surface area (Å²) < 4.78 is 5.97. The highest BCUT2D eigenvalue weighted by Crippen LogP contribution is 2.73. The van der Waals surface area contributed by atoms with E-state index in [1.807, 2.05) is 18.2 Å². The van der Waals surface area contributed by atoms with Crippen molar-refractivity contribution in [3.63, 3.8) is 0 Å². The van der Waals surface area contributed by atoms with Gasteiger partial charge in [0.15, 0.2) is 0 Å². The number of benzene rings is 1. The Kier molecular flexibility index (Phi) is 6.40. The van der Waals surface area contributed by atoms with Crippen molar-refractivity contribution in [1.82, 2.24) is 0 Å². The third-order valence-electron chi connectivity index (χ3n) is 14.4. The van der Waals surface area contributed by atoms with Gasteiger partial charge in [0.05, 0.1) is 11.5 Å². The highest BCUT2D eigenvalue weighted by Gasteiger charge is 2.71. The van der Waals surface area contributed by atoms with Gasteiger partial charge in [-0.3, -0.25) is 4.79 Å². The summed E-state index contributed by atoms with van der Waals surface area (Å²) in [5.41, 5.74) is 1.39. The molecule has 7 rings (SSSR count). The fourth-order valence-corrected chi connectivity index (χ4v) is 12.2. The number of carbonyl (C=O) groups is 2. The normalized spacial score (nSPS) is 49.5. The number of hydrogen-bond acceptors (Lipinski definition) is 5. The van der Waals surface area contributed by atoms with Gasteiger partial charge in [0.2, 0.25) is 0 Å². The van der Waals surface area contributed by atoms with E-state index >= 15 is 0 Å². The van der Waals surface area contributed by atoms with E-state index < -0.39 is 29.0 Å². The molecule has 3 unspecified atom stereocenters. The monoisotopic (exact) mass is 588 g/mol. The molecule has 5 aliphatic carbocycles. The number of ether oxygens (including phenoxy) is 1. The summed E-state index contributed by atoms with van der Waals surface area (Å²) in [6.07, 6.45) is 9.92. The van der Waals surface area contributed by atoms with Crippen LogP contribution in [0.3, 0.4) is 0 Å². The average molecular weight is 589 g/mol. The quantitative estimate of drug-likeness (QED) is 0.195. The second-order valence-corrected chi connectivity index (χ2v) is 16.0. The summed E-state index contributed by atoms with van der Waals surface area (Å²) >= 11 is 0. The van der Waals surface area contributed by atoms with Crippen molar-refractivity contribution in [2.24, 2.45) is 57.2 Å². The average Bonchev–Trinajstić information content (AvgIpc) is 3.21. The molecule has 1 aromatic carbocycles. The number of esters is 1. The molecule has 232 valence electrons. The van der Waals surface area contributed by atoms with E-state index in [2.05, 4.69) is 40.7 Å². The second-order valence-electron chi connectivity index (χ2n) is 16.0. The third kappa shape index (κ3) is 3.74. The van der Waals surface area contributed by atoms with Gasteiger partial charge in [-0.05, 0) is 121 Å². The SMILES string of the molecule is C[C@H]1[C@H](C)CC[C@]2(C(=O)O)CCC3C(=CCC4[C@@]3(C)CCC3[C@]4(C)C[C@@H](O)[C@@H]4OC(=O)/C(=C\c5ccc(O)cc5)[C@@]34C)[C@H]12. The van der Waals surface area contributed by atoms with Gasteiger partial charge in [0, 0.05) is 11.0 Å². The number of aliphatic hydroxyl groups is 1. The Morgan fingerprint density at radius 3 is 2.37 bits per heavy atom. The molecule has 43 heavy (non-hydrogen) atoms. The van der Waals surface area contributed by atoms with Gasteiger partial charge in [-0.15, -0.1) is 0 Å². The molecule has 6 nitrogen and oxygen atoms in total. The Morgan fingerprint density at radius 2 is 1.67 bits per heavy atom. The predicted octanol–water partition coefficient (Wildman–Crippen LogP) is 7.00. The Balaban J connectivity index is 1.30. The molecule has 0 radical (unpaired) electrons. The molecule has 5 fully saturated rings. The fraction of sp³-hybridized carbons (Fsp3) is 0.676. The topological polar surface area (TPSA) is 104 Å². The summed E-state index contributed by atoms with van der Waals surface area (Å²) in [4.78, 5) is 26.4. The molecule has 0 aromatic heterocycles. The molecule has 0 bridgehead atoms. The van der Waals surface area contributed by atoms with Crippen LogP contribution in [0.15, 0.2) is 41.5 Å². The van der Waals surface area contributed by atoms with Crippen LogP contribution in [0.4, 0.5) is 0 Å². The van der Waals surface area contributed by atoms with E-state index in [0.717, 1.165) is 50.5 Å². The van der Waals surface area contributed by atoms with Gasteiger partial charge in [-0.2, -0.15) is 0 Å². The number of aromatic hydroxyl groups is 1. The molecule has 6 heteroatoms. The van der Waals surface area contributed by atoms with E-state index in [9.17, 15) is 24.9 Å². The molecule has 12 atom stereocenters. The lowest BCUT2D eigenvalue weighted by atomic mass is 9.36. The Hall–Kier alpha value is -2.60. The zero-order valence-electron chi connectivity index (χ0n) is 26.3. The number of carbonyl (C=O) groups excluding carboxylic acids is 1. The minimum atomic E-state index is -0.751. The zero-order valence-corrected chi connectivity index (χ0v) is 26.3. The van der Waals surface area contributed by atoms with Crippen LogP contribution in [0.25, 0.3) is 6.08 Å². The van der Waals surface area contributed by atoms with Crippen LogP contribution in [-0.4, -0.2) is 39.5 Å². The van der Waals surface area contributed by atoms with Crippen LogP contribution in [0.1, 0.15) is 91.5 Å². The number of phenolic OH excluding ortho intramolecular Hbond substituents is 1. The number of carboxylic acids is 1. The molecule has 1 aromatic rings. The van der Waals surface area contributed by atoms with E-state index in [-0.39, 0.29) is 34.4 Å². The van der Waals surface area contributed by atoms with Crippen LogP contribution in [0.2, 0.25) is 0 Å². The smallest absolute Gasteiger partial charge is 0.335 e. The molecular formula is C37H48O6. The van der Waals surface area contributed by atoms with Gasteiger partial charge in [0.25, 0.3) is 0 Å².